The van der Waals surface area contributed by atoms with Gasteiger partial charge in [-0.05, 0) is 38.5 Å². The van der Waals surface area contributed by atoms with Crippen molar-refractivity contribution in [2.45, 2.75) is 33.4 Å². The number of imidazole rings is 1. The highest BCUT2D eigenvalue weighted by molar-refractivity contribution is 6.30. The van der Waals surface area contributed by atoms with Crippen molar-refractivity contribution < 1.29 is 0 Å². The monoisotopic (exact) mass is 303 g/mol. The van der Waals surface area contributed by atoms with Crippen LogP contribution in [0.2, 0.25) is 5.02 Å². The quantitative estimate of drug-likeness (QED) is 0.806. The molecule has 2 heterocycles. The van der Waals surface area contributed by atoms with E-state index in [-0.39, 0.29) is 6.04 Å². The number of aryl methyl sites for hydroxylation is 2. The molecule has 0 saturated heterocycles. The molecule has 0 aliphatic carbocycles. The Bertz CT molecular complexity index is 802. The molecule has 5 nitrogen and oxygen atoms in total. The predicted molar refractivity (Wildman–Crippen MR) is 85.6 cm³/mol. The third-order valence-electron chi connectivity index (χ3n) is 3.79. The summed E-state index contributed by atoms with van der Waals surface area (Å²) >= 11 is 6.10. The number of anilines is 1. The molecule has 1 unspecified atom stereocenters. The molecule has 0 spiro atoms. The van der Waals surface area contributed by atoms with Crippen LogP contribution in [0.5, 0.6) is 0 Å². The summed E-state index contributed by atoms with van der Waals surface area (Å²) in [6.07, 6.45) is 0. The second kappa shape index (κ2) is 5.07. The third kappa shape index (κ3) is 2.17. The largest absolute Gasteiger partial charge is 0.369 e. The van der Waals surface area contributed by atoms with Gasteiger partial charge in [-0.3, -0.25) is 4.57 Å². The van der Waals surface area contributed by atoms with Gasteiger partial charge in [-0.15, -0.1) is 0 Å². The second-order valence-corrected chi connectivity index (χ2v) is 5.58. The topological polar surface area (TPSA) is 61.7 Å². The minimum atomic E-state index is 0.0371. The van der Waals surface area contributed by atoms with Gasteiger partial charge in [-0.25, -0.2) is 9.67 Å². The zero-order chi connectivity index (χ0) is 15.1. The van der Waals surface area contributed by atoms with Gasteiger partial charge in [-0.1, -0.05) is 23.7 Å². The summed E-state index contributed by atoms with van der Waals surface area (Å²) in [5, 5.41) is 5.23. The molecule has 0 saturated carbocycles. The van der Waals surface area contributed by atoms with Gasteiger partial charge in [-0.2, -0.15) is 5.10 Å². The zero-order valence-electron chi connectivity index (χ0n) is 12.3. The van der Waals surface area contributed by atoms with Crippen molar-refractivity contribution in [1.29, 1.82) is 0 Å². The molecule has 21 heavy (non-hydrogen) atoms. The van der Waals surface area contributed by atoms with Crippen LogP contribution in [-0.4, -0.2) is 19.3 Å². The van der Waals surface area contributed by atoms with E-state index in [1.807, 2.05) is 40.4 Å². The Balaban J connectivity index is 2.21. The summed E-state index contributed by atoms with van der Waals surface area (Å²) in [7, 11) is 0. The van der Waals surface area contributed by atoms with Gasteiger partial charge in [0.05, 0.1) is 11.7 Å². The lowest BCUT2D eigenvalue weighted by Crippen LogP contribution is -2.13. The molecule has 6 heteroatoms. The maximum atomic E-state index is 6.14. The fourth-order valence-corrected chi connectivity index (χ4v) is 2.92. The molecule has 0 fully saturated rings. The number of aromatic nitrogens is 4. The summed E-state index contributed by atoms with van der Waals surface area (Å²) in [6.45, 7) is 6.88. The average molecular weight is 304 g/mol. The van der Waals surface area contributed by atoms with E-state index in [1.54, 1.807) is 0 Å². The van der Waals surface area contributed by atoms with Gasteiger partial charge in [0.2, 0.25) is 5.95 Å². The number of hydrogen-bond acceptors (Lipinski definition) is 3. The van der Waals surface area contributed by atoms with Crippen LogP contribution < -0.4 is 5.73 Å². The van der Waals surface area contributed by atoms with Crippen molar-refractivity contribution in [1.82, 2.24) is 19.3 Å². The fraction of sp³-hybridized carbons (Fsp3) is 0.333. The predicted octanol–water partition coefficient (Wildman–Crippen LogP) is 3.41. The van der Waals surface area contributed by atoms with Crippen LogP contribution in [0, 0.1) is 6.92 Å². The molecule has 2 aromatic heterocycles. The highest BCUT2D eigenvalue weighted by Crippen LogP contribution is 2.29. The van der Waals surface area contributed by atoms with Crippen molar-refractivity contribution in [3.05, 3.63) is 40.5 Å². The van der Waals surface area contributed by atoms with Crippen LogP contribution in [0.15, 0.2) is 24.3 Å². The molecular weight excluding hydrogens is 286 g/mol. The van der Waals surface area contributed by atoms with Crippen LogP contribution in [0.3, 0.4) is 0 Å². The molecular formula is C15H18ClN5. The molecule has 1 aromatic carbocycles. The van der Waals surface area contributed by atoms with Crippen molar-refractivity contribution in [2.24, 2.45) is 0 Å². The van der Waals surface area contributed by atoms with Gasteiger partial charge < -0.3 is 5.73 Å². The molecule has 2 N–H and O–H groups in total. The van der Waals surface area contributed by atoms with Crippen LogP contribution in [0.1, 0.15) is 31.1 Å². The zero-order valence-corrected chi connectivity index (χ0v) is 13.1. The minimum Gasteiger partial charge on any atom is -0.369 e. The van der Waals surface area contributed by atoms with Crippen molar-refractivity contribution >= 4 is 28.7 Å². The number of benzene rings is 1. The first-order valence-electron chi connectivity index (χ1n) is 6.99. The van der Waals surface area contributed by atoms with Crippen LogP contribution >= 0.6 is 11.6 Å². The lowest BCUT2D eigenvalue weighted by atomic mass is 10.1. The molecule has 0 aliphatic rings. The van der Waals surface area contributed by atoms with Crippen LogP contribution in [-0.2, 0) is 6.54 Å². The maximum absolute atomic E-state index is 6.14. The third-order valence-corrected chi connectivity index (χ3v) is 4.02. The lowest BCUT2D eigenvalue weighted by Gasteiger charge is -2.17. The maximum Gasteiger partial charge on any atom is 0.203 e. The summed E-state index contributed by atoms with van der Waals surface area (Å²) in [5.74, 6) is 0.500. The lowest BCUT2D eigenvalue weighted by molar-refractivity contribution is 0.607. The first kappa shape index (κ1) is 13.9. The number of hydrogen-bond donors (Lipinski definition) is 1. The fourth-order valence-electron chi connectivity index (χ4n) is 2.72. The number of rotatable bonds is 3. The summed E-state index contributed by atoms with van der Waals surface area (Å²) in [4.78, 5) is 4.47. The second-order valence-electron chi connectivity index (χ2n) is 5.14. The molecule has 3 rings (SSSR count). The smallest absolute Gasteiger partial charge is 0.203 e. The van der Waals surface area contributed by atoms with E-state index in [9.17, 15) is 0 Å². The van der Waals surface area contributed by atoms with E-state index >= 15 is 0 Å². The van der Waals surface area contributed by atoms with Gasteiger partial charge in [0.1, 0.15) is 5.52 Å². The Hall–Kier alpha value is -2.01. The molecule has 0 radical (unpaired) electrons. The number of halogens is 1. The number of fused-ring (bicyclic) bond motifs is 1. The van der Waals surface area contributed by atoms with Crippen LogP contribution in [0.4, 0.5) is 5.95 Å². The van der Waals surface area contributed by atoms with Crippen LogP contribution in [0.25, 0.3) is 11.2 Å². The van der Waals surface area contributed by atoms with Gasteiger partial charge in [0.15, 0.2) is 5.65 Å². The standard InChI is InChI=1S/C15H18ClN5/c1-4-20-14-13(9(2)19-20)18-15(17)21(14)10(3)11-6-5-7-12(16)8-11/h5-8,10H,4H2,1-3H3,(H2,17,18). The van der Waals surface area contributed by atoms with Crippen molar-refractivity contribution in [2.75, 3.05) is 5.73 Å². The first-order valence-corrected chi connectivity index (χ1v) is 7.37. The molecule has 0 amide bonds. The van der Waals surface area contributed by atoms with Crippen molar-refractivity contribution in [3.63, 3.8) is 0 Å². The minimum absolute atomic E-state index is 0.0371. The Morgan fingerprint density at radius 1 is 1.38 bits per heavy atom. The molecule has 110 valence electrons. The van der Waals surface area contributed by atoms with E-state index < -0.39 is 0 Å². The van der Waals surface area contributed by atoms with E-state index in [1.165, 1.54) is 0 Å². The molecule has 0 aliphatic heterocycles. The number of nitrogens with two attached hydrogens (primary N) is 1. The summed E-state index contributed by atoms with van der Waals surface area (Å²) < 4.78 is 3.96. The summed E-state index contributed by atoms with van der Waals surface area (Å²) in [6, 6.07) is 7.85. The van der Waals surface area contributed by atoms with Gasteiger partial charge in [0, 0.05) is 11.6 Å². The Morgan fingerprint density at radius 3 is 2.81 bits per heavy atom. The van der Waals surface area contributed by atoms with E-state index in [4.69, 9.17) is 17.3 Å². The Morgan fingerprint density at radius 2 is 2.14 bits per heavy atom. The van der Waals surface area contributed by atoms with E-state index in [0.717, 1.165) is 34.0 Å². The molecule has 0 bridgehead atoms. The molecule has 1 atom stereocenters. The Kier molecular flexibility index (Phi) is 3.37. The van der Waals surface area contributed by atoms with Gasteiger partial charge in [0.25, 0.3) is 0 Å². The SMILES string of the molecule is CCn1nc(C)c2nc(N)n(C(C)c3cccc(Cl)c3)c21. The average Bonchev–Trinajstić information content (AvgIpc) is 2.95. The van der Waals surface area contributed by atoms with E-state index in [0.29, 0.717) is 5.95 Å². The number of nitrogens with zero attached hydrogens (tertiary/aromatic N) is 4. The normalized spacial score (nSPS) is 13.0. The van der Waals surface area contributed by atoms with E-state index in [2.05, 4.69) is 23.9 Å². The van der Waals surface area contributed by atoms with Gasteiger partial charge >= 0.3 is 0 Å². The summed E-state index contributed by atoms with van der Waals surface area (Å²) in [5.41, 5.74) is 9.96. The first-order chi connectivity index (χ1) is 10.0. The Labute approximate surface area is 128 Å². The van der Waals surface area contributed by atoms with Crippen molar-refractivity contribution in [3.8, 4) is 0 Å². The number of nitrogen functional groups attached to an aromatic ring is 1. The highest BCUT2D eigenvalue weighted by atomic mass is 35.5. The molecule has 3 aromatic rings. The highest BCUT2D eigenvalue weighted by Gasteiger charge is 2.21.